The Kier molecular flexibility index (Phi) is 4.00. The molecular formula is C17H22O2. The lowest BCUT2D eigenvalue weighted by molar-refractivity contribution is -0.122. The minimum atomic E-state index is 0.404. The van der Waals surface area contributed by atoms with Gasteiger partial charge >= 0.3 is 0 Å². The number of hydrogen-bond acceptors (Lipinski definition) is 2. The molecule has 2 heteroatoms. The third-order valence-corrected chi connectivity index (χ3v) is 4.39. The number of allylic oxidation sites excluding steroid dienone is 1. The van der Waals surface area contributed by atoms with E-state index in [0.717, 1.165) is 12.8 Å². The van der Waals surface area contributed by atoms with E-state index in [1.807, 2.05) is 18.2 Å². The molecular weight excluding hydrogens is 236 g/mol. The SMILES string of the molecule is C=C1C[C@H]2CC[C@@H](C1)[C@@H]2OCOCc1ccccc1. The molecule has 2 nitrogen and oxygen atoms in total. The van der Waals surface area contributed by atoms with Crippen molar-refractivity contribution >= 4 is 0 Å². The summed E-state index contributed by atoms with van der Waals surface area (Å²) in [6, 6.07) is 10.2. The third kappa shape index (κ3) is 3.07. The van der Waals surface area contributed by atoms with Crippen LogP contribution in [0.5, 0.6) is 0 Å². The van der Waals surface area contributed by atoms with Crippen molar-refractivity contribution in [2.24, 2.45) is 11.8 Å². The van der Waals surface area contributed by atoms with Gasteiger partial charge in [0.1, 0.15) is 6.79 Å². The highest BCUT2D eigenvalue weighted by atomic mass is 16.7. The summed E-state index contributed by atoms with van der Waals surface area (Å²) in [6.07, 6.45) is 5.31. The molecule has 0 heterocycles. The molecule has 3 atom stereocenters. The third-order valence-electron chi connectivity index (χ3n) is 4.39. The van der Waals surface area contributed by atoms with Crippen LogP contribution in [0.1, 0.15) is 31.2 Å². The van der Waals surface area contributed by atoms with Gasteiger partial charge in [-0.15, -0.1) is 0 Å². The second-order valence-electron chi connectivity index (χ2n) is 5.84. The van der Waals surface area contributed by atoms with E-state index >= 15 is 0 Å². The maximum atomic E-state index is 5.98. The Labute approximate surface area is 115 Å². The molecule has 1 aromatic rings. The molecule has 1 aromatic carbocycles. The zero-order valence-corrected chi connectivity index (χ0v) is 11.4. The summed E-state index contributed by atoms with van der Waals surface area (Å²) < 4.78 is 11.6. The molecule has 0 spiro atoms. The first-order valence-electron chi connectivity index (χ1n) is 7.23. The molecule has 0 amide bonds. The molecule has 102 valence electrons. The predicted molar refractivity (Wildman–Crippen MR) is 75.6 cm³/mol. The maximum absolute atomic E-state index is 5.98. The van der Waals surface area contributed by atoms with Crippen molar-refractivity contribution in [3.63, 3.8) is 0 Å². The Morgan fingerprint density at radius 1 is 1.05 bits per heavy atom. The van der Waals surface area contributed by atoms with E-state index in [1.165, 1.54) is 24.0 Å². The van der Waals surface area contributed by atoms with E-state index in [-0.39, 0.29) is 0 Å². The van der Waals surface area contributed by atoms with Gasteiger partial charge in [0.15, 0.2) is 0 Å². The molecule has 3 rings (SSSR count). The van der Waals surface area contributed by atoms with Crippen molar-refractivity contribution in [2.45, 2.75) is 38.4 Å². The summed E-state index contributed by atoms with van der Waals surface area (Å²) in [5, 5.41) is 0. The molecule has 2 fully saturated rings. The van der Waals surface area contributed by atoms with Crippen LogP contribution in [0.4, 0.5) is 0 Å². The monoisotopic (exact) mass is 258 g/mol. The molecule has 0 N–H and O–H groups in total. The summed E-state index contributed by atoms with van der Waals surface area (Å²) in [7, 11) is 0. The summed E-state index contributed by atoms with van der Waals surface area (Å²) >= 11 is 0. The minimum absolute atomic E-state index is 0.404. The van der Waals surface area contributed by atoms with Gasteiger partial charge in [0.05, 0.1) is 12.7 Å². The summed E-state index contributed by atoms with van der Waals surface area (Å²) in [5.74, 6) is 1.37. The maximum Gasteiger partial charge on any atom is 0.147 e. The van der Waals surface area contributed by atoms with Gasteiger partial charge in [-0.05, 0) is 43.1 Å². The Morgan fingerprint density at radius 3 is 2.42 bits per heavy atom. The van der Waals surface area contributed by atoms with Gasteiger partial charge in [0.25, 0.3) is 0 Å². The molecule has 0 aliphatic heterocycles. The van der Waals surface area contributed by atoms with Crippen molar-refractivity contribution in [3.8, 4) is 0 Å². The van der Waals surface area contributed by atoms with E-state index in [4.69, 9.17) is 9.47 Å². The summed E-state index contributed by atoms with van der Waals surface area (Å²) in [4.78, 5) is 0. The number of rotatable bonds is 5. The van der Waals surface area contributed by atoms with Gasteiger partial charge in [0, 0.05) is 0 Å². The molecule has 19 heavy (non-hydrogen) atoms. The molecule has 2 aliphatic carbocycles. The second-order valence-corrected chi connectivity index (χ2v) is 5.84. The van der Waals surface area contributed by atoms with Crippen molar-refractivity contribution in [1.82, 2.24) is 0 Å². The number of hydrogen-bond donors (Lipinski definition) is 0. The van der Waals surface area contributed by atoms with E-state index in [2.05, 4.69) is 18.7 Å². The largest absolute Gasteiger partial charge is 0.352 e. The van der Waals surface area contributed by atoms with Crippen molar-refractivity contribution in [3.05, 3.63) is 48.0 Å². The van der Waals surface area contributed by atoms with Crippen LogP contribution in [0, 0.1) is 11.8 Å². The highest BCUT2D eigenvalue weighted by molar-refractivity contribution is 5.13. The fraction of sp³-hybridized carbons (Fsp3) is 0.529. The topological polar surface area (TPSA) is 18.5 Å². The molecule has 0 radical (unpaired) electrons. The van der Waals surface area contributed by atoms with Gasteiger partial charge in [-0.3, -0.25) is 0 Å². The van der Waals surface area contributed by atoms with Gasteiger partial charge in [-0.1, -0.05) is 42.5 Å². The van der Waals surface area contributed by atoms with Crippen LogP contribution in [0.3, 0.4) is 0 Å². The molecule has 2 saturated carbocycles. The standard InChI is InChI=1S/C17H22O2/c1-13-9-15-7-8-16(10-13)17(15)19-12-18-11-14-5-3-2-4-6-14/h2-6,15-17H,1,7-12H2/t15-,16+,17-. The van der Waals surface area contributed by atoms with Crippen LogP contribution in [0.15, 0.2) is 42.5 Å². The Hall–Kier alpha value is -1.12. The first kappa shape index (κ1) is 12.9. The fourth-order valence-corrected chi connectivity index (χ4v) is 3.54. The van der Waals surface area contributed by atoms with E-state index < -0.39 is 0 Å². The van der Waals surface area contributed by atoms with Gasteiger partial charge < -0.3 is 9.47 Å². The number of benzene rings is 1. The molecule has 2 aliphatic rings. The van der Waals surface area contributed by atoms with Gasteiger partial charge in [-0.2, -0.15) is 0 Å². The zero-order valence-electron chi connectivity index (χ0n) is 11.4. The lowest BCUT2D eigenvalue weighted by Crippen LogP contribution is -2.30. The van der Waals surface area contributed by atoms with Crippen molar-refractivity contribution in [1.29, 1.82) is 0 Å². The summed E-state index contributed by atoms with van der Waals surface area (Å²) in [5.41, 5.74) is 2.61. The highest BCUT2D eigenvalue weighted by Crippen LogP contribution is 2.45. The van der Waals surface area contributed by atoms with Gasteiger partial charge in [0.2, 0.25) is 0 Å². The zero-order chi connectivity index (χ0) is 13.1. The lowest BCUT2D eigenvalue weighted by atomic mass is 9.83. The van der Waals surface area contributed by atoms with Crippen LogP contribution in [0.25, 0.3) is 0 Å². The van der Waals surface area contributed by atoms with Crippen LogP contribution in [0.2, 0.25) is 0 Å². The smallest absolute Gasteiger partial charge is 0.147 e. The fourth-order valence-electron chi connectivity index (χ4n) is 3.54. The van der Waals surface area contributed by atoms with Crippen LogP contribution >= 0.6 is 0 Å². The molecule has 2 bridgehead atoms. The van der Waals surface area contributed by atoms with Crippen molar-refractivity contribution < 1.29 is 9.47 Å². The van der Waals surface area contributed by atoms with E-state index in [1.54, 1.807) is 0 Å². The first-order valence-corrected chi connectivity index (χ1v) is 7.23. The number of ether oxygens (including phenoxy) is 2. The first-order chi connectivity index (χ1) is 9.33. The normalized spacial score (nSPS) is 29.7. The molecule has 0 unspecified atom stereocenters. The average Bonchev–Trinajstić information content (AvgIpc) is 2.67. The summed E-state index contributed by atoms with van der Waals surface area (Å²) in [6.45, 7) is 5.19. The Bertz CT molecular complexity index is 410. The van der Waals surface area contributed by atoms with Crippen LogP contribution in [-0.4, -0.2) is 12.9 Å². The Balaban J connectivity index is 1.42. The number of fused-ring (bicyclic) bond motifs is 2. The lowest BCUT2D eigenvalue weighted by Gasteiger charge is -2.31. The quantitative estimate of drug-likeness (QED) is 0.453. The Morgan fingerprint density at radius 2 is 1.74 bits per heavy atom. The molecule has 0 saturated heterocycles. The second kappa shape index (κ2) is 5.89. The predicted octanol–water partition coefficient (Wildman–Crippen LogP) is 3.92. The van der Waals surface area contributed by atoms with Crippen LogP contribution < -0.4 is 0 Å². The van der Waals surface area contributed by atoms with E-state index in [9.17, 15) is 0 Å². The van der Waals surface area contributed by atoms with Gasteiger partial charge in [-0.25, -0.2) is 0 Å². The average molecular weight is 258 g/mol. The van der Waals surface area contributed by atoms with Crippen molar-refractivity contribution in [2.75, 3.05) is 6.79 Å². The highest BCUT2D eigenvalue weighted by Gasteiger charge is 2.40. The van der Waals surface area contributed by atoms with Crippen LogP contribution in [-0.2, 0) is 16.1 Å². The molecule has 0 aromatic heterocycles. The minimum Gasteiger partial charge on any atom is -0.352 e. The van der Waals surface area contributed by atoms with E-state index in [0.29, 0.717) is 31.3 Å².